The summed E-state index contributed by atoms with van der Waals surface area (Å²) in [5.41, 5.74) is 1.91. The highest BCUT2D eigenvalue weighted by atomic mass is 16.2. The van der Waals surface area contributed by atoms with Gasteiger partial charge in [-0.05, 0) is 32.0 Å². The van der Waals surface area contributed by atoms with E-state index < -0.39 is 17.8 Å². The van der Waals surface area contributed by atoms with Crippen molar-refractivity contribution in [3.63, 3.8) is 0 Å². The zero-order chi connectivity index (χ0) is 19.7. The van der Waals surface area contributed by atoms with Crippen molar-refractivity contribution in [3.8, 4) is 5.69 Å². The maximum Gasteiger partial charge on any atom is 0.335 e. The van der Waals surface area contributed by atoms with Crippen LogP contribution in [0.4, 0.5) is 4.79 Å². The van der Waals surface area contributed by atoms with E-state index in [9.17, 15) is 14.4 Å². The molecule has 28 heavy (non-hydrogen) atoms. The highest BCUT2D eigenvalue weighted by molar-refractivity contribution is 6.44. The van der Waals surface area contributed by atoms with Crippen LogP contribution in [0.3, 0.4) is 0 Å². The number of hydrogen-bond donors (Lipinski definition) is 0. The molecule has 4 rings (SSSR count). The molecular formula is C20H23N5O3. The number of aromatic nitrogens is 2. The van der Waals surface area contributed by atoms with E-state index in [1.54, 1.807) is 10.9 Å². The highest BCUT2D eigenvalue weighted by Gasteiger charge is 2.48. The normalized spacial score (nSPS) is 18.1. The van der Waals surface area contributed by atoms with Gasteiger partial charge in [0.2, 0.25) is 0 Å². The minimum absolute atomic E-state index is 0.0726. The second-order valence-electron chi connectivity index (χ2n) is 7.41. The fourth-order valence-electron chi connectivity index (χ4n) is 3.90. The Hall–Kier alpha value is -3.00. The van der Waals surface area contributed by atoms with Crippen molar-refractivity contribution in [1.29, 1.82) is 0 Å². The molecule has 1 aliphatic carbocycles. The van der Waals surface area contributed by atoms with Gasteiger partial charge in [0.05, 0.1) is 18.6 Å². The minimum Gasteiger partial charge on any atom is -0.284 e. The smallest absolute Gasteiger partial charge is 0.284 e. The van der Waals surface area contributed by atoms with Crippen molar-refractivity contribution in [2.24, 2.45) is 0 Å². The van der Waals surface area contributed by atoms with Gasteiger partial charge in [0, 0.05) is 24.3 Å². The molecule has 0 unspecified atom stereocenters. The van der Waals surface area contributed by atoms with Crippen molar-refractivity contribution in [3.05, 3.63) is 48.3 Å². The molecule has 0 radical (unpaired) electrons. The molecule has 8 heteroatoms. The molecule has 1 saturated carbocycles. The van der Waals surface area contributed by atoms with E-state index in [0.29, 0.717) is 6.54 Å². The number of hydrogen-bond acceptors (Lipinski definition) is 5. The first-order valence-electron chi connectivity index (χ1n) is 9.51. The molecule has 1 aromatic heterocycles. The molecule has 146 valence electrons. The fourth-order valence-corrected chi connectivity index (χ4v) is 3.90. The molecule has 0 N–H and O–H groups in total. The van der Waals surface area contributed by atoms with Crippen LogP contribution in [0.5, 0.6) is 0 Å². The summed E-state index contributed by atoms with van der Waals surface area (Å²) < 4.78 is 1.78. The van der Waals surface area contributed by atoms with Gasteiger partial charge in [0.15, 0.2) is 0 Å². The van der Waals surface area contributed by atoms with Gasteiger partial charge in [-0.25, -0.2) is 14.4 Å². The number of para-hydroxylation sites is 1. The molecule has 4 amide bonds. The average molecular weight is 381 g/mol. The predicted molar refractivity (Wildman–Crippen MR) is 101 cm³/mol. The van der Waals surface area contributed by atoms with Crippen molar-refractivity contribution < 1.29 is 14.4 Å². The van der Waals surface area contributed by atoms with Gasteiger partial charge >= 0.3 is 17.8 Å². The van der Waals surface area contributed by atoms with E-state index in [0.717, 1.165) is 46.7 Å². The molecule has 2 aromatic rings. The lowest BCUT2D eigenvalue weighted by Crippen LogP contribution is -2.42. The van der Waals surface area contributed by atoms with E-state index in [1.165, 1.54) is 0 Å². The third-order valence-electron chi connectivity index (χ3n) is 5.27. The topological polar surface area (TPSA) is 78.8 Å². The number of urea groups is 1. The third kappa shape index (κ3) is 3.43. The summed E-state index contributed by atoms with van der Waals surface area (Å²) in [7, 11) is 1.81. The van der Waals surface area contributed by atoms with Crippen LogP contribution in [0, 0.1) is 0 Å². The number of nitrogens with zero attached hydrogens (tertiary/aromatic N) is 5. The zero-order valence-corrected chi connectivity index (χ0v) is 15.8. The van der Waals surface area contributed by atoms with E-state index in [4.69, 9.17) is 0 Å². The summed E-state index contributed by atoms with van der Waals surface area (Å²) in [6, 6.07) is 9.14. The molecule has 1 aliphatic heterocycles. The molecule has 1 saturated heterocycles. The molecule has 0 atom stereocenters. The summed E-state index contributed by atoms with van der Waals surface area (Å²) in [4.78, 5) is 41.3. The molecular weight excluding hydrogens is 358 g/mol. The number of amides is 4. The lowest BCUT2D eigenvalue weighted by molar-refractivity contribution is -0.144. The number of benzene rings is 1. The summed E-state index contributed by atoms with van der Waals surface area (Å²) in [5.74, 6) is -1.43. The van der Waals surface area contributed by atoms with Crippen molar-refractivity contribution in [2.75, 3.05) is 13.7 Å². The Morgan fingerprint density at radius 1 is 1.07 bits per heavy atom. The Bertz CT molecular complexity index is 888. The molecule has 2 heterocycles. The SMILES string of the molecule is CN(Cc1cnn(-c2ccccc2)c1)CN1C(=O)C(=O)N(C2CCCC2)C1=O. The maximum absolute atomic E-state index is 12.7. The standard InChI is InChI=1S/C20H23N5O3/c1-22(12-15-11-21-24(13-15)16-7-3-2-4-8-16)14-23-18(26)19(27)25(20(23)28)17-9-5-6-10-17/h2-4,7-8,11,13,17H,5-6,9-10,12,14H2,1H3. The Morgan fingerprint density at radius 2 is 1.79 bits per heavy atom. The summed E-state index contributed by atoms with van der Waals surface area (Å²) in [5, 5.41) is 4.36. The van der Waals surface area contributed by atoms with Gasteiger partial charge in [-0.2, -0.15) is 5.10 Å². The monoisotopic (exact) mass is 381 g/mol. The second-order valence-corrected chi connectivity index (χ2v) is 7.41. The van der Waals surface area contributed by atoms with Crippen LogP contribution in [-0.4, -0.2) is 62.1 Å². The van der Waals surface area contributed by atoms with Crippen molar-refractivity contribution in [1.82, 2.24) is 24.5 Å². The van der Waals surface area contributed by atoms with Gasteiger partial charge in [-0.15, -0.1) is 0 Å². The van der Waals surface area contributed by atoms with Gasteiger partial charge in [0.25, 0.3) is 0 Å². The first-order valence-corrected chi connectivity index (χ1v) is 9.51. The van der Waals surface area contributed by atoms with Crippen molar-refractivity contribution >= 4 is 17.8 Å². The van der Waals surface area contributed by atoms with Gasteiger partial charge in [0.1, 0.15) is 0 Å². The van der Waals surface area contributed by atoms with Crippen LogP contribution in [0.25, 0.3) is 5.69 Å². The van der Waals surface area contributed by atoms with E-state index in [1.807, 2.05) is 48.5 Å². The number of rotatable bonds is 6. The van der Waals surface area contributed by atoms with Crippen LogP contribution in [0.1, 0.15) is 31.2 Å². The highest BCUT2D eigenvalue weighted by Crippen LogP contribution is 2.27. The van der Waals surface area contributed by atoms with Crippen LogP contribution in [0.2, 0.25) is 0 Å². The quantitative estimate of drug-likeness (QED) is 0.565. The lowest BCUT2D eigenvalue weighted by Gasteiger charge is -2.24. The first-order chi connectivity index (χ1) is 13.5. The molecule has 0 bridgehead atoms. The Balaban J connectivity index is 1.40. The fraction of sp³-hybridized carbons (Fsp3) is 0.400. The predicted octanol–water partition coefficient (Wildman–Crippen LogP) is 1.99. The molecule has 2 fully saturated rings. The van der Waals surface area contributed by atoms with E-state index >= 15 is 0 Å². The van der Waals surface area contributed by atoms with Crippen LogP contribution in [-0.2, 0) is 16.1 Å². The summed E-state index contributed by atoms with van der Waals surface area (Å²) in [6.45, 7) is 0.574. The largest absolute Gasteiger partial charge is 0.335 e. The lowest BCUT2D eigenvalue weighted by atomic mass is 10.2. The Kier molecular flexibility index (Phi) is 4.95. The molecule has 0 spiro atoms. The number of carbonyl (C=O) groups excluding carboxylic acids is 3. The molecule has 1 aromatic carbocycles. The number of imide groups is 2. The average Bonchev–Trinajstić information content (AvgIpc) is 3.42. The van der Waals surface area contributed by atoms with Crippen LogP contribution in [0.15, 0.2) is 42.7 Å². The summed E-state index contributed by atoms with van der Waals surface area (Å²) in [6.07, 6.45) is 7.21. The Morgan fingerprint density at radius 3 is 2.50 bits per heavy atom. The minimum atomic E-state index is -0.733. The van der Waals surface area contributed by atoms with Gasteiger partial charge in [-0.1, -0.05) is 31.0 Å². The van der Waals surface area contributed by atoms with Gasteiger partial charge < -0.3 is 0 Å². The van der Waals surface area contributed by atoms with Gasteiger partial charge in [-0.3, -0.25) is 19.4 Å². The van der Waals surface area contributed by atoms with Crippen molar-refractivity contribution in [2.45, 2.75) is 38.3 Å². The third-order valence-corrected chi connectivity index (χ3v) is 5.27. The second kappa shape index (κ2) is 7.55. The van der Waals surface area contributed by atoms with E-state index in [-0.39, 0.29) is 12.7 Å². The maximum atomic E-state index is 12.7. The van der Waals surface area contributed by atoms with E-state index in [2.05, 4.69) is 5.10 Å². The summed E-state index contributed by atoms with van der Waals surface area (Å²) >= 11 is 0. The number of carbonyl (C=O) groups is 3. The zero-order valence-electron chi connectivity index (χ0n) is 15.8. The molecule has 2 aliphatic rings. The van der Waals surface area contributed by atoms with Crippen LogP contribution < -0.4 is 0 Å². The first kappa shape index (κ1) is 18.4. The molecule has 8 nitrogen and oxygen atoms in total. The van der Waals surface area contributed by atoms with Crippen LogP contribution >= 0.6 is 0 Å². The Labute approximate surface area is 163 Å².